The number of carboxylic acid groups (broad SMARTS) is 1. The summed E-state index contributed by atoms with van der Waals surface area (Å²) in [6.45, 7) is 12.2. The SMILES string of the molecule is COc1cc(CCCC(C)(C)OC(C)(C)OC(C)(C)CCCc2ccc(OC(=O)Oc3ccc(C4(c5ccccc5)CCCCC4)cc3)c(OC)c2)ccc1OC(=O)O. The Morgan fingerprint density at radius 3 is 1.58 bits per heavy atom. The average molecular weight is 811 g/mol. The predicted octanol–water partition coefficient (Wildman–Crippen LogP) is 12.3. The molecular formula is C49H62O10. The Kier molecular flexibility index (Phi) is 15.1. The molecule has 10 heteroatoms. The van der Waals surface area contributed by atoms with Crippen LogP contribution in [0, 0.1) is 0 Å². The third-order valence-electron chi connectivity index (χ3n) is 11.0. The third kappa shape index (κ3) is 13.0. The van der Waals surface area contributed by atoms with Crippen molar-refractivity contribution in [1.29, 1.82) is 0 Å². The molecular weight excluding hydrogens is 749 g/mol. The van der Waals surface area contributed by atoms with Crippen LogP contribution in [-0.4, -0.2) is 48.6 Å². The molecule has 5 rings (SSSR count). The second kappa shape index (κ2) is 19.8. The molecule has 1 aliphatic rings. The van der Waals surface area contributed by atoms with Crippen molar-refractivity contribution in [2.75, 3.05) is 14.2 Å². The summed E-state index contributed by atoms with van der Waals surface area (Å²) < 4.78 is 40.0. The molecule has 1 N–H and O–H groups in total. The van der Waals surface area contributed by atoms with Gasteiger partial charge in [-0.1, -0.05) is 73.9 Å². The van der Waals surface area contributed by atoms with E-state index in [0.717, 1.165) is 62.5 Å². The Hall–Kier alpha value is -5.06. The highest BCUT2D eigenvalue weighted by molar-refractivity contribution is 5.68. The molecule has 0 bridgehead atoms. The van der Waals surface area contributed by atoms with Gasteiger partial charge in [0.1, 0.15) is 5.75 Å². The fourth-order valence-electron chi connectivity index (χ4n) is 8.59. The van der Waals surface area contributed by atoms with Gasteiger partial charge in [-0.3, -0.25) is 0 Å². The fraction of sp³-hybridized carbons (Fsp3) is 0.469. The second-order valence-electron chi connectivity index (χ2n) is 17.2. The third-order valence-corrected chi connectivity index (χ3v) is 11.0. The van der Waals surface area contributed by atoms with Crippen LogP contribution in [0.2, 0.25) is 0 Å². The van der Waals surface area contributed by atoms with E-state index in [1.165, 1.54) is 37.5 Å². The van der Waals surface area contributed by atoms with Gasteiger partial charge in [0, 0.05) is 5.41 Å². The van der Waals surface area contributed by atoms with Gasteiger partial charge < -0.3 is 38.3 Å². The largest absolute Gasteiger partial charge is 0.519 e. The molecule has 4 aromatic carbocycles. The van der Waals surface area contributed by atoms with Crippen LogP contribution in [0.5, 0.6) is 28.7 Å². The number of methoxy groups -OCH3 is 2. The standard InChI is InChI=1S/C49H62O10/c1-46(2,29-15-17-35-21-27-40(56-44(50)51)42(33-35)53-7)58-48(5,6)59-47(3,4)30-16-18-36-22-28-41(43(34-36)54-8)57-45(52)55-39-25-23-38(24-26-39)49(31-13-10-14-32-49)37-19-11-9-12-20-37/h9,11-12,19-28,33-34H,10,13-18,29-32H2,1-8H3,(H,50,51). The minimum atomic E-state index is -1.38. The zero-order chi connectivity index (χ0) is 42.7. The molecule has 0 spiro atoms. The topological polar surface area (TPSA) is 119 Å². The monoisotopic (exact) mass is 810 g/mol. The molecule has 0 heterocycles. The molecule has 1 saturated carbocycles. The summed E-state index contributed by atoms with van der Waals surface area (Å²) in [6.07, 6.45) is 8.39. The summed E-state index contributed by atoms with van der Waals surface area (Å²) in [6, 6.07) is 29.4. The molecule has 10 nitrogen and oxygen atoms in total. The quantitative estimate of drug-likeness (QED) is 0.0557. The van der Waals surface area contributed by atoms with Crippen LogP contribution >= 0.6 is 0 Å². The summed E-state index contributed by atoms with van der Waals surface area (Å²) in [4.78, 5) is 23.9. The van der Waals surface area contributed by atoms with E-state index in [0.29, 0.717) is 17.2 Å². The highest BCUT2D eigenvalue weighted by atomic mass is 16.7. The van der Waals surface area contributed by atoms with Crippen LogP contribution in [0.3, 0.4) is 0 Å². The van der Waals surface area contributed by atoms with Crippen LogP contribution in [0.25, 0.3) is 0 Å². The summed E-state index contributed by atoms with van der Waals surface area (Å²) >= 11 is 0. The Morgan fingerprint density at radius 1 is 0.593 bits per heavy atom. The first-order valence-electron chi connectivity index (χ1n) is 20.7. The van der Waals surface area contributed by atoms with Crippen molar-refractivity contribution in [1.82, 2.24) is 0 Å². The highest BCUT2D eigenvalue weighted by Crippen LogP contribution is 2.45. The molecule has 59 heavy (non-hydrogen) atoms. The van der Waals surface area contributed by atoms with Crippen LogP contribution in [0.15, 0.2) is 91.0 Å². The van der Waals surface area contributed by atoms with E-state index in [4.69, 9.17) is 38.3 Å². The molecule has 0 atom stereocenters. The maximum absolute atomic E-state index is 12.9. The Morgan fingerprint density at radius 2 is 1.08 bits per heavy atom. The van der Waals surface area contributed by atoms with E-state index in [1.807, 2.05) is 44.2 Å². The van der Waals surface area contributed by atoms with Gasteiger partial charge in [-0.05, 0) is 152 Å². The molecule has 4 aromatic rings. The van der Waals surface area contributed by atoms with Crippen molar-refractivity contribution in [3.05, 3.63) is 113 Å². The van der Waals surface area contributed by atoms with Gasteiger partial charge in [-0.15, -0.1) is 0 Å². The van der Waals surface area contributed by atoms with Crippen molar-refractivity contribution >= 4 is 12.3 Å². The number of ether oxygens (including phenoxy) is 7. The fourth-order valence-corrected chi connectivity index (χ4v) is 8.59. The number of hydrogen-bond acceptors (Lipinski definition) is 9. The number of rotatable bonds is 19. The molecule has 0 saturated heterocycles. The van der Waals surface area contributed by atoms with E-state index in [1.54, 1.807) is 25.3 Å². The van der Waals surface area contributed by atoms with E-state index >= 15 is 0 Å². The van der Waals surface area contributed by atoms with Crippen molar-refractivity contribution in [2.24, 2.45) is 0 Å². The normalized spacial score (nSPS) is 14.3. The zero-order valence-corrected chi connectivity index (χ0v) is 36.1. The van der Waals surface area contributed by atoms with E-state index in [9.17, 15) is 9.59 Å². The van der Waals surface area contributed by atoms with Gasteiger partial charge >= 0.3 is 12.3 Å². The lowest BCUT2D eigenvalue weighted by atomic mass is 9.65. The first-order valence-corrected chi connectivity index (χ1v) is 20.7. The first kappa shape index (κ1) is 45.0. The molecule has 1 aliphatic carbocycles. The van der Waals surface area contributed by atoms with Crippen molar-refractivity contribution in [3.8, 4) is 28.7 Å². The van der Waals surface area contributed by atoms with Crippen LogP contribution < -0.4 is 23.7 Å². The molecule has 0 aromatic heterocycles. The van der Waals surface area contributed by atoms with E-state index in [-0.39, 0.29) is 16.9 Å². The Labute approximate surface area is 350 Å². The summed E-state index contributed by atoms with van der Waals surface area (Å²) in [7, 11) is 3.04. The predicted molar refractivity (Wildman–Crippen MR) is 228 cm³/mol. The number of carbonyl (C=O) groups is 2. The zero-order valence-electron chi connectivity index (χ0n) is 36.1. The summed E-state index contributed by atoms with van der Waals surface area (Å²) in [5.74, 6) is 0.865. The first-order chi connectivity index (χ1) is 28.0. The summed E-state index contributed by atoms with van der Waals surface area (Å²) in [5, 5.41) is 8.95. The highest BCUT2D eigenvalue weighted by Gasteiger charge is 2.36. The molecule has 1 fully saturated rings. The Bertz CT molecular complexity index is 1980. The second-order valence-corrected chi connectivity index (χ2v) is 17.2. The molecule has 0 unspecified atom stereocenters. The minimum Gasteiger partial charge on any atom is -0.493 e. The average Bonchev–Trinajstić information content (AvgIpc) is 3.18. The van der Waals surface area contributed by atoms with Gasteiger partial charge in [0.25, 0.3) is 0 Å². The van der Waals surface area contributed by atoms with Gasteiger partial charge in [0.2, 0.25) is 0 Å². The molecule has 318 valence electrons. The Balaban J connectivity index is 1.08. The van der Waals surface area contributed by atoms with Gasteiger partial charge in [0.05, 0.1) is 25.4 Å². The lowest BCUT2D eigenvalue weighted by Gasteiger charge is -2.41. The maximum atomic E-state index is 12.9. The van der Waals surface area contributed by atoms with Crippen molar-refractivity contribution < 1.29 is 47.9 Å². The van der Waals surface area contributed by atoms with E-state index in [2.05, 4.69) is 70.2 Å². The number of aryl methyl sites for hydroxylation is 2. The lowest BCUT2D eigenvalue weighted by molar-refractivity contribution is -0.301. The molecule has 0 radical (unpaired) electrons. The van der Waals surface area contributed by atoms with Crippen LogP contribution in [0.1, 0.15) is 122 Å². The summed E-state index contributed by atoms with van der Waals surface area (Å²) in [5.41, 5.74) is 3.66. The number of benzene rings is 4. The minimum absolute atomic E-state index is 0.0306. The maximum Gasteiger partial charge on any atom is 0.519 e. The van der Waals surface area contributed by atoms with E-state index < -0.39 is 29.3 Å². The van der Waals surface area contributed by atoms with Gasteiger partial charge in [-0.25, -0.2) is 9.59 Å². The molecule has 0 aliphatic heterocycles. The van der Waals surface area contributed by atoms with Crippen molar-refractivity contribution in [3.63, 3.8) is 0 Å². The van der Waals surface area contributed by atoms with Gasteiger partial charge in [0.15, 0.2) is 28.8 Å². The number of hydrogen-bond donors (Lipinski definition) is 1. The molecule has 0 amide bonds. The lowest BCUT2D eigenvalue weighted by Crippen LogP contribution is -2.44. The van der Waals surface area contributed by atoms with Crippen LogP contribution in [0.4, 0.5) is 9.59 Å². The van der Waals surface area contributed by atoms with Gasteiger partial charge in [-0.2, -0.15) is 0 Å². The number of carbonyl (C=O) groups excluding carboxylic acids is 1. The van der Waals surface area contributed by atoms with Crippen LogP contribution in [-0.2, 0) is 27.7 Å². The smallest absolute Gasteiger partial charge is 0.493 e. The van der Waals surface area contributed by atoms with Crippen molar-refractivity contribution in [2.45, 2.75) is 135 Å².